The number of carbonyl (C=O) groups excluding carboxylic acids is 1. The summed E-state index contributed by atoms with van der Waals surface area (Å²) >= 11 is 0. The lowest BCUT2D eigenvalue weighted by Crippen LogP contribution is -2.34. The van der Waals surface area contributed by atoms with Crippen molar-refractivity contribution in [1.82, 2.24) is 10.3 Å². The van der Waals surface area contributed by atoms with E-state index in [1.807, 2.05) is 6.20 Å². The highest BCUT2D eigenvalue weighted by atomic mass is 19.1. The van der Waals surface area contributed by atoms with Gasteiger partial charge in [-0.05, 0) is 44.2 Å². The van der Waals surface area contributed by atoms with E-state index in [4.69, 9.17) is 0 Å². The number of nitrogens with one attached hydrogen (secondary N) is 2. The van der Waals surface area contributed by atoms with E-state index in [1.54, 1.807) is 20.0 Å². The topological polar surface area (TPSA) is 44.9 Å². The second kappa shape index (κ2) is 4.67. The maximum absolute atomic E-state index is 13.2. The van der Waals surface area contributed by atoms with Crippen LogP contribution in [0.15, 0.2) is 24.4 Å². The van der Waals surface area contributed by atoms with Gasteiger partial charge in [0.15, 0.2) is 0 Å². The molecule has 0 aliphatic heterocycles. The fourth-order valence-electron chi connectivity index (χ4n) is 1.99. The molecule has 1 unspecified atom stereocenters. The molecular formula is C13H15FN2O. The quantitative estimate of drug-likeness (QED) is 0.850. The van der Waals surface area contributed by atoms with Crippen LogP contribution in [-0.2, 0) is 11.2 Å². The molecule has 4 heteroatoms. The Kier molecular flexibility index (Phi) is 3.24. The van der Waals surface area contributed by atoms with Gasteiger partial charge in [-0.15, -0.1) is 0 Å². The van der Waals surface area contributed by atoms with E-state index >= 15 is 0 Å². The van der Waals surface area contributed by atoms with Crippen molar-refractivity contribution in [3.8, 4) is 0 Å². The van der Waals surface area contributed by atoms with Gasteiger partial charge in [-0.1, -0.05) is 0 Å². The van der Waals surface area contributed by atoms with Crippen molar-refractivity contribution in [3.63, 3.8) is 0 Å². The molecule has 0 aliphatic carbocycles. The highest BCUT2D eigenvalue weighted by molar-refractivity contribution is 5.86. The third kappa shape index (κ3) is 2.36. The molecule has 0 radical (unpaired) electrons. The van der Waals surface area contributed by atoms with Crippen molar-refractivity contribution >= 4 is 16.7 Å². The van der Waals surface area contributed by atoms with Crippen LogP contribution in [0.1, 0.15) is 12.5 Å². The predicted molar refractivity (Wildman–Crippen MR) is 65.5 cm³/mol. The monoisotopic (exact) mass is 234 g/mol. The number of hydrogen-bond acceptors (Lipinski definition) is 2. The first kappa shape index (κ1) is 11.8. The van der Waals surface area contributed by atoms with Crippen molar-refractivity contribution in [1.29, 1.82) is 0 Å². The average molecular weight is 234 g/mol. The molecule has 1 heterocycles. The number of H-pyrrole nitrogens is 1. The number of hydrogen-bond donors (Lipinski definition) is 2. The van der Waals surface area contributed by atoms with Crippen molar-refractivity contribution in [3.05, 3.63) is 35.8 Å². The first-order chi connectivity index (χ1) is 8.11. The van der Waals surface area contributed by atoms with Crippen LogP contribution in [0.25, 0.3) is 10.9 Å². The summed E-state index contributed by atoms with van der Waals surface area (Å²) in [6.45, 7) is 1.55. The molecule has 3 nitrogen and oxygen atoms in total. The van der Waals surface area contributed by atoms with Crippen LogP contribution in [0, 0.1) is 5.82 Å². The summed E-state index contributed by atoms with van der Waals surface area (Å²) in [7, 11) is 1.75. The zero-order chi connectivity index (χ0) is 12.4. The largest absolute Gasteiger partial charge is 0.361 e. The number of halogens is 1. The third-order valence-electron chi connectivity index (χ3n) is 2.99. The van der Waals surface area contributed by atoms with Crippen LogP contribution >= 0.6 is 0 Å². The van der Waals surface area contributed by atoms with Gasteiger partial charge in [0.1, 0.15) is 11.6 Å². The van der Waals surface area contributed by atoms with Gasteiger partial charge in [0.2, 0.25) is 0 Å². The molecule has 1 aromatic heterocycles. The molecule has 0 saturated heterocycles. The van der Waals surface area contributed by atoms with Gasteiger partial charge in [0, 0.05) is 17.1 Å². The van der Waals surface area contributed by atoms with Gasteiger partial charge in [0.05, 0.1) is 6.04 Å². The zero-order valence-corrected chi connectivity index (χ0v) is 9.88. The molecule has 0 fully saturated rings. The Morgan fingerprint density at radius 3 is 2.94 bits per heavy atom. The second-order valence-corrected chi connectivity index (χ2v) is 4.16. The smallest absolute Gasteiger partial charge is 0.147 e. The number of carbonyl (C=O) groups is 1. The van der Waals surface area contributed by atoms with Gasteiger partial charge in [0.25, 0.3) is 0 Å². The first-order valence-corrected chi connectivity index (χ1v) is 5.55. The van der Waals surface area contributed by atoms with E-state index in [0.717, 1.165) is 16.5 Å². The standard InChI is InChI=1S/C13H15FN2O/c1-8(17)13(15-2)5-9-7-16-12-4-3-10(14)6-11(9)12/h3-4,6-7,13,15-16H,5H2,1-2H3. The number of rotatable bonds is 4. The van der Waals surface area contributed by atoms with Crippen LogP contribution in [-0.4, -0.2) is 23.9 Å². The Bertz CT molecular complexity index is 547. The van der Waals surface area contributed by atoms with Gasteiger partial charge >= 0.3 is 0 Å². The van der Waals surface area contributed by atoms with E-state index in [1.165, 1.54) is 12.1 Å². The molecule has 0 saturated carbocycles. The Morgan fingerprint density at radius 1 is 1.53 bits per heavy atom. The number of fused-ring (bicyclic) bond motifs is 1. The molecule has 1 aromatic carbocycles. The summed E-state index contributed by atoms with van der Waals surface area (Å²) in [5.74, 6) is -0.180. The minimum Gasteiger partial charge on any atom is -0.361 e. The number of benzene rings is 1. The van der Waals surface area contributed by atoms with Crippen LogP contribution in [0.5, 0.6) is 0 Å². The molecule has 1 atom stereocenters. The Labute approximate surface area is 99.0 Å². The fourth-order valence-corrected chi connectivity index (χ4v) is 1.99. The maximum atomic E-state index is 13.2. The number of likely N-dealkylation sites (N-methyl/N-ethyl adjacent to an activating group) is 1. The summed E-state index contributed by atoms with van der Waals surface area (Å²) < 4.78 is 13.2. The number of aromatic amines is 1. The fraction of sp³-hybridized carbons (Fsp3) is 0.308. The number of ketones is 1. The number of aromatic nitrogens is 1. The van der Waals surface area contributed by atoms with Gasteiger partial charge in [-0.25, -0.2) is 4.39 Å². The average Bonchev–Trinajstić information content (AvgIpc) is 2.68. The van der Waals surface area contributed by atoms with Gasteiger partial charge in [-0.3, -0.25) is 4.79 Å². The minimum atomic E-state index is -0.262. The second-order valence-electron chi connectivity index (χ2n) is 4.16. The summed E-state index contributed by atoms with van der Waals surface area (Å²) in [6, 6.07) is 4.39. The lowest BCUT2D eigenvalue weighted by molar-refractivity contribution is -0.118. The van der Waals surface area contributed by atoms with Crippen molar-refractivity contribution in [2.24, 2.45) is 0 Å². The normalized spacial score (nSPS) is 12.9. The molecule has 0 amide bonds. The van der Waals surface area contributed by atoms with Gasteiger partial charge in [-0.2, -0.15) is 0 Å². The van der Waals surface area contributed by atoms with E-state index in [-0.39, 0.29) is 17.6 Å². The molecule has 90 valence electrons. The zero-order valence-electron chi connectivity index (χ0n) is 9.88. The highest BCUT2D eigenvalue weighted by Crippen LogP contribution is 2.20. The minimum absolute atomic E-state index is 0.0817. The Hall–Kier alpha value is -1.68. The molecule has 0 spiro atoms. The lowest BCUT2D eigenvalue weighted by atomic mass is 10.0. The van der Waals surface area contributed by atoms with Crippen LogP contribution < -0.4 is 5.32 Å². The maximum Gasteiger partial charge on any atom is 0.147 e. The first-order valence-electron chi connectivity index (χ1n) is 5.55. The lowest BCUT2D eigenvalue weighted by Gasteiger charge is -2.11. The number of Topliss-reactive ketones (excluding diaryl/α,β-unsaturated/α-hetero) is 1. The SMILES string of the molecule is CNC(Cc1c[nH]c2ccc(F)cc12)C(C)=O. The summed E-state index contributed by atoms with van der Waals surface area (Å²) in [6.07, 6.45) is 2.40. The predicted octanol–water partition coefficient (Wildman–Crippen LogP) is 2.03. The van der Waals surface area contributed by atoms with Crippen LogP contribution in [0.4, 0.5) is 4.39 Å². The van der Waals surface area contributed by atoms with E-state index in [0.29, 0.717) is 6.42 Å². The van der Waals surface area contributed by atoms with E-state index < -0.39 is 0 Å². The molecule has 17 heavy (non-hydrogen) atoms. The molecular weight excluding hydrogens is 219 g/mol. The molecule has 2 aromatic rings. The van der Waals surface area contributed by atoms with Crippen molar-refractivity contribution in [2.45, 2.75) is 19.4 Å². The third-order valence-corrected chi connectivity index (χ3v) is 2.99. The summed E-state index contributed by atoms with van der Waals surface area (Å²) in [4.78, 5) is 14.4. The highest BCUT2D eigenvalue weighted by Gasteiger charge is 2.14. The Balaban J connectivity index is 2.35. The van der Waals surface area contributed by atoms with E-state index in [2.05, 4.69) is 10.3 Å². The molecule has 2 rings (SSSR count). The molecule has 0 bridgehead atoms. The summed E-state index contributed by atoms with van der Waals surface area (Å²) in [5, 5.41) is 3.80. The van der Waals surface area contributed by atoms with Gasteiger partial charge < -0.3 is 10.3 Å². The van der Waals surface area contributed by atoms with E-state index in [9.17, 15) is 9.18 Å². The summed E-state index contributed by atoms with van der Waals surface area (Å²) in [5.41, 5.74) is 1.84. The van der Waals surface area contributed by atoms with Crippen molar-refractivity contribution < 1.29 is 9.18 Å². The van der Waals surface area contributed by atoms with Crippen LogP contribution in [0.3, 0.4) is 0 Å². The molecule has 2 N–H and O–H groups in total. The molecule has 0 aliphatic rings. The Morgan fingerprint density at radius 2 is 2.29 bits per heavy atom. The van der Waals surface area contributed by atoms with Crippen molar-refractivity contribution in [2.75, 3.05) is 7.05 Å². The van der Waals surface area contributed by atoms with Crippen LogP contribution in [0.2, 0.25) is 0 Å².